The number of rotatable bonds is 2. The number of nitrogens with zero attached hydrogens (tertiary/aromatic N) is 1. The van der Waals surface area contributed by atoms with E-state index >= 15 is 0 Å². The number of hydrogen-bond donors (Lipinski definition) is 1. The van der Waals surface area contributed by atoms with Gasteiger partial charge in [-0.05, 0) is 6.92 Å². The van der Waals surface area contributed by atoms with Crippen molar-refractivity contribution in [2.24, 2.45) is 0 Å². The molecule has 3 heteroatoms. The first-order valence-electron chi connectivity index (χ1n) is 3.77. The molecule has 0 amide bonds. The molecular formula is C7H15NOS. The lowest BCUT2D eigenvalue weighted by Gasteiger charge is -2.31. The van der Waals surface area contributed by atoms with Crippen LogP contribution in [-0.4, -0.2) is 43.0 Å². The van der Waals surface area contributed by atoms with Crippen molar-refractivity contribution < 1.29 is 4.74 Å². The van der Waals surface area contributed by atoms with Crippen LogP contribution in [0.4, 0.5) is 0 Å². The van der Waals surface area contributed by atoms with Crippen LogP contribution >= 0.6 is 12.6 Å². The van der Waals surface area contributed by atoms with Gasteiger partial charge < -0.3 is 4.74 Å². The first-order valence-corrected chi connectivity index (χ1v) is 4.40. The quantitative estimate of drug-likeness (QED) is 0.597. The summed E-state index contributed by atoms with van der Waals surface area (Å²) in [7, 11) is 0. The Morgan fingerprint density at radius 2 is 2.10 bits per heavy atom. The smallest absolute Gasteiger partial charge is 0.0594 e. The SMILES string of the molecule is CC(CS)N1CCOCC1. The molecule has 0 aromatic rings. The second-order valence-corrected chi connectivity index (χ2v) is 3.05. The fourth-order valence-corrected chi connectivity index (χ4v) is 1.36. The molecule has 0 aromatic heterocycles. The molecule has 0 radical (unpaired) electrons. The maximum absolute atomic E-state index is 5.23. The summed E-state index contributed by atoms with van der Waals surface area (Å²) in [6.07, 6.45) is 0. The summed E-state index contributed by atoms with van der Waals surface area (Å²) in [6.45, 7) is 6.12. The Labute approximate surface area is 68.0 Å². The Kier molecular flexibility index (Phi) is 3.52. The molecule has 0 bridgehead atoms. The fraction of sp³-hybridized carbons (Fsp3) is 1.00. The molecule has 60 valence electrons. The average Bonchev–Trinajstić information content (AvgIpc) is 2.05. The van der Waals surface area contributed by atoms with Crippen molar-refractivity contribution in [2.45, 2.75) is 13.0 Å². The van der Waals surface area contributed by atoms with Gasteiger partial charge in [0.15, 0.2) is 0 Å². The predicted octanol–water partition coefficient (Wildman–Crippen LogP) is 0.637. The molecule has 1 saturated heterocycles. The van der Waals surface area contributed by atoms with Crippen LogP contribution in [0, 0.1) is 0 Å². The standard InChI is InChI=1S/C7H15NOS/c1-7(6-10)8-2-4-9-5-3-8/h7,10H,2-6H2,1H3. The van der Waals surface area contributed by atoms with Crippen LogP contribution in [0.2, 0.25) is 0 Å². The first kappa shape index (κ1) is 8.37. The van der Waals surface area contributed by atoms with Crippen LogP contribution in [0.15, 0.2) is 0 Å². The highest BCUT2D eigenvalue weighted by Gasteiger charge is 2.14. The Morgan fingerprint density at radius 3 is 2.60 bits per heavy atom. The molecule has 0 N–H and O–H groups in total. The van der Waals surface area contributed by atoms with Gasteiger partial charge in [0.1, 0.15) is 0 Å². The van der Waals surface area contributed by atoms with Crippen molar-refractivity contribution in [3.05, 3.63) is 0 Å². The fourth-order valence-electron chi connectivity index (χ4n) is 1.13. The zero-order chi connectivity index (χ0) is 7.40. The molecule has 1 aliphatic rings. The van der Waals surface area contributed by atoms with Crippen molar-refractivity contribution in [3.63, 3.8) is 0 Å². The largest absolute Gasteiger partial charge is 0.379 e. The second kappa shape index (κ2) is 4.21. The van der Waals surface area contributed by atoms with E-state index in [9.17, 15) is 0 Å². The van der Waals surface area contributed by atoms with Gasteiger partial charge in [0, 0.05) is 24.9 Å². The summed E-state index contributed by atoms with van der Waals surface area (Å²) in [6, 6.07) is 0.604. The average molecular weight is 161 g/mol. The number of ether oxygens (including phenoxy) is 1. The summed E-state index contributed by atoms with van der Waals surface area (Å²) in [5, 5.41) is 0. The zero-order valence-corrected chi connectivity index (χ0v) is 7.31. The van der Waals surface area contributed by atoms with Crippen molar-refractivity contribution >= 4 is 12.6 Å². The van der Waals surface area contributed by atoms with E-state index in [0.717, 1.165) is 32.1 Å². The molecule has 1 fully saturated rings. The van der Waals surface area contributed by atoms with Gasteiger partial charge in [-0.3, -0.25) is 4.90 Å². The van der Waals surface area contributed by atoms with Gasteiger partial charge in [-0.15, -0.1) is 0 Å². The Bertz CT molecular complexity index is 93.6. The van der Waals surface area contributed by atoms with Gasteiger partial charge in [-0.25, -0.2) is 0 Å². The van der Waals surface area contributed by atoms with Gasteiger partial charge in [-0.2, -0.15) is 12.6 Å². The normalized spacial score (nSPS) is 24.6. The Balaban J connectivity index is 2.24. The maximum atomic E-state index is 5.23. The molecule has 0 saturated carbocycles. The monoisotopic (exact) mass is 161 g/mol. The van der Waals surface area contributed by atoms with Crippen LogP contribution in [0.25, 0.3) is 0 Å². The third-order valence-corrected chi connectivity index (χ3v) is 2.46. The number of hydrogen-bond acceptors (Lipinski definition) is 3. The Hall–Kier alpha value is 0.270. The lowest BCUT2D eigenvalue weighted by atomic mass is 10.3. The minimum Gasteiger partial charge on any atom is -0.379 e. The van der Waals surface area contributed by atoms with E-state index in [1.54, 1.807) is 0 Å². The molecule has 10 heavy (non-hydrogen) atoms. The van der Waals surface area contributed by atoms with E-state index in [0.29, 0.717) is 6.04 Å². The molecule has 1 heterocycles. The summed E-state index contributed by atoms with van der Waals surface area (Å²) in [5.41, 5.74) is 0. The van der Waals surface area contributed by atoms with Gasteiger partial charge in [0.05, 0.1) is 13.2 Å². The molecule has 2 nitrogen and oxygen atoms in total. The summed E-state index contributed by atoms with van der Waals surface area (Å²) in [4.78, 5) is 2.41. The molecule has 1 aliphatic heterocycles. The van der Waals surface area contributed by atoms with Gasteiger partial charge in [0.25, 0.3) is 0 Å². The van der Waals surface area contributed by atoms with E-state index in [2.05, 4.69) is 24.5 Å². The topological polar surface area (TPSA) is 12.5 Å². The lowest BCUT2D eigenvalue weighted by Crippen LogP contribution is -2.42. The van der Waals surface area contributed by atoms with Gasteiger partial charge in [-0.1, -0.05) is 0 Å². The minimum atomic E-state index is 0.604. The summed E-state index contributed by atoms with van der Waals surface area (Å²) >= 11 is 4.24. The van der Waals surface area contributed by atoms with E-state index < -0.39 is 0 Å². The highest BCUT2D eigenvalue weighted by Crippen LogP contribution is 2.03. The summed E-state index contributed by atoms with van der Waals surface area (Å²) < 4.78 is 5.23. The molecule has 1 atom stereocenters. The van der Waals surface area contributed by atoms with Crippen LogP contribution in [0.5, 0.6) is 0 Å². The van der Waals surface area contributed by atoms with Crippen molar-refractivity contribution in [1.82, 2.24) is 4.90 Å². The third kappa shape index (κ3) is 2.15. The summed E-state index contributed by atoms with van der Waals surface area (Å²) in [5.74, 6) is 0.944. The van der Waals surface area contributed by atoms with Crippen LogP contribution in [-0.2, 0) is 4.74 Å². The zero-order valence-electron chi connectivity index (χ0n) is 6.42. The number of morpholine rings is 1. The van der Waals surface area contributed by atoms with Crippen molar-refractivity contribution in [1.29, 1.82) is 0 Å². The molecule has 0 aliphatic carbocycles. The van der Waals surface area contributed by atoms with Gasteiger partial charge in [0.2, 0.25) is 0 Å². The van der Waals surface area contributed by atoms with E-state index in [1.165, 1.54) is 0 Å². The highest BCUT2D eigenvalue weighted by atomic mass is 32.1. The molecule has 1 rings (SSSR count). The van der Waals surface area contributed by atoms with Crippen molar-refractivity contribution in [2.75, 3.05) is 32.1 Å². The van der Waals surface area contributed by atoms with Crippen LogP contribution in [0.1, 0.15) is 6.92 Å². The first-order chi connectivity index (χ1) is 4.84. The van der Waals surface area contributed by atoms with Gasteiger partial charge >= 0.3 is 0 Å². The third-order valence-electron chi connectivity index (χ3n) is 1.93. The van der Waals surface area contributed by atoms with E-state index in [4.69, 9.17) is 4.74 Å². The molecule has 0 spiro atoms. The lowest BCUT2D eigenvalue weighted by molar-refractivity contribution is 0.0247. The second-order valence-electron chi connectivity index (χ2n) is 2.68. The molecular weight excluding hydrogens is 146 g/mol. The maximum Gasteiger partial charge on any atom is 0.0594 e. The predicted molar refractivity (Wildman–Crippen MR) is 45.7 cm³/mol. The van der Waals surface area contributed by atoms with Crippen molar-refractivity contribution in [3.8, 4) is 0 Å². The Morgan fingerprint density at radius 1 is 1.50 bits per heavy atom. The molecule has 1 unspecified atom stereocenters. The van der Waals surface area contributed by atoms with E-state index in [1.807, 2.05) is 0 Å². The van der Waals surface area contributed by atoms with E-state index in [-0.39, 0.29) is 0 Å². The van der Waals surface area contributed by atoms with Crippen LogP contribution < -0.4 is 0 Å². The molecule has 0 aromatic carbocycles. The highest BCUT2D eigenvalue weighted by molar-refractivity contribution is 7.80. The van der Waals surface area contributed by atoms with Crippen LogP contribution in [0.3, 0.4) is 0 Å². The minimum absolute atomic E-state index is 0.604. The number of thiol groups is 1.